The Labute approximate surface area is 117 Å². The maximum Gasteiger partial charge on any atom is 0.111 e. The molecule has 0 radical (unpaired) electrons. The number of para-hydroxylation sites is 1. The van der Waals surface area contributed by atoms with Gasteiger partial charge in [-0.1, -0.05) is 18.2 Å². The molecular weight excluding hydrogens is 252 g/mol. The van der Waals surface area contributed by atoms with Crippen molar-refractivity contribution >= 4 is 0 Å². The topological polar surface area (TPSA) is 55.9 Å². The number of hydrogen-bond donors (Lipinski definition) is 1. The molecule has 1 atom stereocenters. The van der Waals surface area contributed by atoms with Crippen LogP contribution in [0.25, 0.3) is 5.69 Å². The van der Waals surface area contributed by atoms with Gasteiger partial charge in [-0.2, -0.15) is 5.10 Å². The van der Waals surface area contributed by atoms with E-state index in [9.17, 15) is 5.11 Å². The molecule has 1 unspecified atom stereocenters. The Bertz CT molecular complexity index is 687. The third-order valence-corrected chi connectivity index (χ3v) is 3.27. The molecule has 0 saturated heterocycles. The Kier molecular flexibility index (Phi) is 3.35. The molecule has 0 fully saturated rings. The van der Waals surface area contributed by atoms with Crippen LogP contribution < -0.4 is 0 Å². The minimum atomic E-state index is -0.652. The van der Waals surface area contributed by atoms with E-state index in [4.69, 9.17) is 0 Å². The standard InChI is InChI=1S/C15H16N4O/c1-18-10-8-16-15(18)11-14(20)13-7-9-19(17-13)12-5-3-2-4-6-12/h2-10,14,20H,11H2,1H3. The number of nitrogens with zero attached hydrogens (tertiary/aromatic N) is 4. The van der Waals surface area contributed by atoms with Crippen molar-refractivity contribution in [3.05, 3.63) is 66.5 Å². The number of aromatic nitrogens is 4. The first-order valence-corrected chi connectivity index (χ1v) is 6.49. The average molecular weight is 268 g/mol. The molecule has 0 aliphatic heterocycles. The fourth-order valence-electron chi connectivity index (χ4n) is 2.11. The lowest BCUT2D eigenvalue weighted by molar-refractivity contribution is 0.169. The van der Waals surface area contributed by atoms with Crippen LogP contribution in [0.3, 0.4) is 0 Å². The van der Waals surface area contributed by atoms with Gasteiger partial charge in [-0.15, -0.1) is 0 Å². The highest BCUT2D eigenvalue weighted by Gasteiger charge is 2.14. The molecule has 20 heavy (non-hydrogen) atoms. The summed E-state index contributed by atoms with van der Waals surface area (Å²) in [5.41, 5.74) is 1.62. The second-order valence-corrected chi connectivity index (χ2v) is 4.70. The SMILES string of the molecule is Cn1ccnc1CC(O)c1ccn(-c2ccccc2)n1. The van der Waals surface area contributed by atoms with Gasteiger partial charge in [0.1, 0.15) is 11.9 Å². The van der Waals surface area contributed by atoms with Crippen molar-refractivity contribution in [1.29, 1.82) is 0 Å². The summed E-state index contributed by atoms with van der Waals surface area (Å²) in [5, 5.41) is 14.7. The number of aryl methyl sites for hydroxylation is 1. The summed E-state index contributed by atoms with van der Waals surface area (Å²) in [6.45, 7) is 0. The molecule has 1 aromatic carbocycles. The van der Waals surface area contributed by atoms with Gasteiger partial charge in [0.15, 0.2) is 0 Å². The van der Waals surface area contributed by atoms with Gasteiger partial charge in [-0.25, -0.2) is 9.67 Å². The van der Waals surface area contributed by atoms with Crippen LogP contribution in [0.15, 0.2) is 55.0 Å². The molecule has 5 nitrogen and oxygen atoms in total. The number of aliphatic hydroxyl groups is 1. The molecule has 5 heteroatoms. The van der Waals surface area contributed by atoms with Gasteiger partial charge >= 0.3 is 0 Å². The highest BCUT2D eigenvalue weighted by atomic mass is 16.3. The molecular formula is C15H16N4O. The second kappa shape index (κ2) is 5.30. The summed E-state index contributed by atoms with van der Waals surface area (Å²) in [6.07, 6.45) is 5.25. The number of benzene rings is 1. The number of aliphatic hydroxyl groups excluding tert-OH is 1. The van der Waals surface area contributed by atoms with E-state index in [1.165, 1.54) is 0 Å². The van der Waals surface area contributed by atoms with Crippen LogP contribution in [-0.4, -0.2) is 24.4 Å². The molecule has 0 spiro atoms. The van der Waals surface area contributed by atoms with Crippen molar-refractivity contribution in [1.82, 2.24) is 19.3 Å². The van der Waals surface area contributed by atoms with Crippen LogP contribution in [0.4, 0.5) is 0 Å². The minimum absolute atomic E-state index is 0.454. The summed E-state index contributed by atoms with van der Waals surface area (Å²) in [7, 11) is 1.91. The zero-order valence-corrected chi connectivity index (χ0v) is 11.2. The van der Waals surface area contributed by atoms with Crippen LogP contribution in [0.5, 0.6) is 0 Å². The van der Waals surface area contributed by atoms with Crippen molar-refractivity contribution in [2.45, 2.75) is 12.5 Å². The number of hydrogen-bond acceptors (Lipinski definition) is 3. The minimum Gasteiger partial charge on any atom is -0.386 e. The Morgan fingerprint density at radius 3 is 2.65 bits per heavy atom. The molecule has 102 valence electrons. The summed E-state index contributed by atoms with van der Waals surface area (Å²) in [5.74, 6) is 0.840. The van der Waals surface area contributed by atoms with Gasteiger partial charge in [0.25, 0.3) is 0 Å². The smallest absolute Gasteiger partial charge is 0.111 e. The highest BCUT2D eigenvalue weighted by Crippen LogP contribution is 2.16. The molecule has 0 amide bonds. The molecule has 0 bridgehead atoms. The summed E-state index contributed by atoms with van der Waals surface area (Å²) < 4.78 is 3.66. The van der Waals surface area contributed by atoms with Crippen molar-refractivity contribution in [2.24, 2.45) is 7.05 Å². The first-order valence-electron chi connectivity index (χ1n) is 6.49. The number of rotatable bonds is 4. The Hall–Kier alpha value is -2.40. The van der Waals surface area contributed by atoms with Crippen molar-refractivity contribution < 1.29 is 5.11 Å². The van der Waals surface area contributed by atoms with Crippen molar-refractivity contribution in [3.8, 4) is 5.69 Å². The zero-order chi connectivity index (χ0) is 13.9. The predicted molar refractivity (Wildman–Crippen MR) is 75.4 cm³/mol. The van der Waals surface area contributed by atoms with Gasteiger partial charge in [-0.05, 0) is 18.2 Å². The van der Waals surface area contributed by atoms with Gasteiger partial charge in [0.2, 0.25) is 0 Å². The Morgan fingerprint density at radius 1 is 1.15 bits per heavy atom. The normalized spacial score (nSPS) is 12.5. The van der Waals surface area contributed by atoms with E-state index < -0.39 is 6.10 Å². The Balaban J connectivity index is 1.78. The van der Waals surface area contributed by atoms with Crippen LogP contribution in [0, 0.1) is 0 Å². The van der Waals surface area contributed by atoms with Crippen LogP contribution in [-0.2, 0) is 13.5 Å². The molecule has 0 saturated carbocycles. The maximum atomic E-state index is 10.2. The largest absolute Gasteiger partial charge is 0.386 e. The lowest BCUT2D eigenvalue weighted by atomic mass is 10.2. The van der Waals surface area contributed by atoms with E-state index in [2.05, 4.69) is 10.1 Å². The van der Waals surface area contributed by atoms with Crippen molar-refractivity contribution in [2.75, 3.05) is 0 Å². The summed E-state index contributed by atoms with van der Waals surface area (Å²) in [6, 6.07) is 11.7. The average Bonchev–Trinajstić information content (AvgIpc) is 3.10. The molecule has 3 aromatic rings. The van der Waals surface area contributed by atoms with E-state index in [1.54, 1.807) is 10.9 Å². The van der Waals surface area contributed by atoms with Crippen LogP contribution in [0.2, 0.25) is 0 Å². The van der Waals surface area contributed by atoms with Gasteiger partial charge in [0, 0.05) is 32.1 Å². The van der Waals surface area contributed by atoms with Gasteiger partial charge in [0.05, 0.1) is 11.4 Å². The lowest BCUT2D eigenvalue weighted by Crippen LogP contribution is -2.08. The molecule has 2 aromatic heterocycles. The fraction of sp³-hybridized carbons (Fsp3) is 0.200. The third-order valence-electron chi connectivity index (χ3n) is 3.27. The van der Waals surface area contributed by atoms with E-state index in [0.29, 0.717) is 12.1 Å². The second-order valence-electron chi connectivity index (χ2n) is 4.70. The van der Waals surface area contributed by atoms with E-state index in [1.807, 2.05) is 60.4 Å². The molecule has 3 rings (SSSR count). The lowest BCUT2D eigenvalue weighted by Gasteiger charge is -2.07. The number of imidazole rings is 1. The van der Waals surface area contributed by atoms with Crippen LogP contribution >= 0.6 is 0 Å². The molecule has 1 N–H and O–H groups in total. The van der Waals surface area contributed by atoms with Gasteiger partial charge < -0.3 is 9.67 Å². The van der Waals surface area contributed by atoms with Crippen LogP contribution in [0.1, 0.15) is 17.6 Å². The fourth-order valence-corrected chi connectivity index (χ4v) is 2.11. The third kappa shape index (κ3) is 2.48. The van der Waals surface area contributed by atoms with Crippen molar-refractivity contribution in [3.63, 3.8) is 0 Å². The molecule has 0 aliphatic carbocycles. The first-order chi connectivity index (χ1) is 9.74. The zero-order valence-electron chi connectivity index (χ0n) is 11.2. The van der Waals surface area contributed by atoms with E-state index in [0.717, 1.165) is 11.5 Å². The predicted octanol–water partition coefficient (Wildman–Crippen LogP) is 1.88. The molecule has 0 aliphatic rings. The Morgan fingerprint density at radius 2 is 1.95 bits per heavy atom. The summed E-state index contributed by atoms with van der Waals surface area (Å²) in [4.78, 5) is 4.21. The van der Waals surface area contributed by atoms with E-state index >= 15 is 0 Å². The monoisotopic (exact) mass is 268 g/mol. The summed E-state index contributed by atoms with van der Waals surface area (Å²) >= 11 is 0. The quantitative estimate of drug-likeness (QED) is 0.786. The molecule has 2 heterocycles. The van der Waals surface area contributed by atoms with Gasteiger partial charge in [-0.3, -0.25) is 0 Å². The first kappa shape index (κ1) is 12.6. The maximum absolute atomic E-state index is 10.2. The van der Waals surface area contributed by atoms with E-state index in [-0.39, 0.29) is 0 Å². The highest BCUT2D eigenvalue weighted by molar-refractivity contribution is 5.30.